The Morgan fingerprint density at radius 3 is 2.88 bits per heavy atom. The van der Waals surface area contributed by atoms with Crippen LogP contribution in [0.15, 0.2) is 24.3 Å². The first-order chi connectivity index (χ1) is 7.66. The highest BCUT2D eigenvalue weighted by atomic mass is 19.1. The molecule has 3 atom stereocenters. The normalized spacial score (nSPS) is 26.9. The molecule has 1 aromatic rings. The molecule has 16 heavy (non-hydrogen) atoms. The Morgan fingerprint density at radius 2 is 2.25 bits per heavy atom. The van der Waals surface area contributed by atoms with Crippen LogP contribution in [0.25, 0.3) is 0 Å². The molecule has 0 bridgehead atoms. The summed E-state index contributed by atoms with van der Waals surface area (Å²) in [6, 6.07) is 6.84. The molecular weight excluding hydrogens is 205 g/mol. The predicted octanol–water partition coefficient (Wildman–Crippen LogP) is 2.39. The molecule has 0 saturated heterocycles. The van der Waals surface area contributed by atoms with Crippen molar-refractivity contribution in [2.24, 2.45) is 0 Å². The molecule has 0 heterocycles. The average molecular weight is 223 g/mol. The summed E-state index contributed by atoms with van der Waals surface area (Å²) in [5.74, 6) is -0.210. The van der Waals surface area contributed by atoms with Crippen molar-refractivity contribution in [3.63, 3.8) is 0 Å². The van der Waals surface area contributed by atoms with Crippen LogP contribution >= 0.6 is 0 Å². The molecule has 2 nitrogen and oxygen atoms in total. The van der Waals surface area contributed by atoms with Gasteiger partial charge in [0, 0.05) is 12.1 Å². The van der Waals surface area contributed by atoms with E-state index in [1.54, 1.807) is 12.1 Å². The van der Waals surface area contributed by atoms with Crippen molar-refractivity contribution in [3.8, 4) is 0 Å². The Balaban J connectivity index is 1.99. The third-order valence-corrected chi connectivity index (χ3v) is 3.29. The topological polar surface area (TPSA) is 32.3 Å². The van der Waals surface area contributed by atoms with E-state index in [1.807, 2.05) is 13.0 Å². The molecule has 0 amide bonds. The highest BCUT2D eigenvalue weighted by molar-refractivity contribution is 5.19. The van der Waals surface area contributed by atoms with Gasteiger partial charge < -0.3 is 10.4 Å². The van der Waals surface area contributed by atoms with Gasteiger partial charge in [-0.25, -0.2) is 4.39 Å². The maximum atomic E-state index is 13.0. The number of aliphatic hydroxyl groups is 1. The fourth-order valence-electron chi connectivity index (χ4n) is 2.33. The van der Waals surface area contributed by atoms with E-state index in [1.165, 1.54) is 6.07 Å². The minimum absolute atomic E-state index is 0.0773. The first-order valence-corrected chi connectivity index (χ1v) is 5.86. The number of aliphatic hydroxyl groups excluding tert-OH is 1. The molecule has 0 aromatic heterocycles. The van der Waals surface area contributed by atoms with Crippen LogP contribution in [0.5, 0.6) is 0 Å². The Kier molecular flexibility index (Phi) is 3.56. The third kappa shape index (κ3) is 2.60. The molecule has 1 fully saturated rings. The van der Waals surface area contributed by atoms with Gasteiger partial charge in [-0.3, -0.25) is 0 Å². The van der Waals surface area contributed by atoms with E-state index in [0.29, 0.717) is 0 Å². The SMILES string of the molecule is C[C@@H](NC1CCCC1O)c1cccc(F)c1. The van der Waals surface area contributed by atoms with E-state index in [4.69, 9.17) is 0 Å². The van der Waals surface area contributed by atoms with Crippen molar-refractivity contribution in [2.75, 3.05) is 0 Å². The van der Waals surface area contributed by atoms with E-state index >= 15 is 0 Å². The number of hydrogen-bond donors (Lipinski definition) is 2. The molecule has 0 aliphatic heterocycles. The maximum absolute atomic E-state index is 13.0. The first kappa shape index (κ1) is 11.6. The van der Waals surface area contributed by atoms with E-state index < -0.39 is 0 Å². The van der Waals surface area contributed by atoms with Crippen molar-refractivity contribution in [1.29, 1.82) is 0 Å². The Hall–Kier alpha value is -0.930. The number of nitrogens with one attached hydrogen (secondary N) is 1. The van der Waals surface area contributed by atoms with Crippen LogP contribution in [0.3, 0.4) is 0 Å². The van der Waals surface area contributed by atoms with Crippen LogP contribution in [0.1, 0.15) is 37.8 Å². The van der Waals surface area contributed by atoms with Crippen LogP contribution in [0.4, 0.5) is 4.39 Å². The minimum atomic E-state index is -0.254. The van der Waals surface area contributed by atoms with Crippen molar-refractivity contribution in [2.45, 2.75) is 44.4 Å². The van der Waals surface area contributed by atoms with E-state index in [2.05, 4.69) is 5.32 Å². The molecule has 0 radical (unpaired) electrons. The fraction of sp³-hybridized carbons (Fsp3) is 0.538. The summed E-state index contributed by atoms with van der Waals surface area (Å²) in [4.78, 5) is 0. The van der Waals surface area contributed by atoms with Crippen molar-refractivity contribution in [1.82, 2.24) is 5.32 Å². The van der Waals surface area contributed by atoms with Gasteiger partial charge in [0.15, 0.2) is 0 Å². The third-order valence-electron chi connectivity index (χ3n) is 3.29. The van der Waals surface area contributed by atoms with Crippen molar-refractivity contribution < 1.29 is 9.50 Å². The lowest BCUT2D eigenvalue weighted by Crippen LogP contribution is -2.37. The van der Waals surface area contributed by atoms with Gasteiger partial charge in [0.05, 0.1) is 6.10 Å². The fourth-order valence-corrected chi connectivity index (χ4v) is 2.33. The van der Waals surface area contributed by atoms with Crippen LogP contribution in [0, 0.1) is 5.82 Å². The Morgan fingerprint density at radius 1 is 1.44 bits per heavy atom. The summed E-state index contributed by atoms with van der Waals surface area (Å²) < 4.78 is 13.0. The Labute approximate surface area is 95.5 Å². The maximum Gasteiger partial charge on any atom is 0.123 e. The molecule has 1 aliphatic carbocycles. The summed E-state index contributed by atoms with van der Waals surface area (Å²) in [5.41, 5.74) is 0.930. The predicted molar refractivity (Wildman–Crippen MR) is 61.6 cm³/mol. The van der Waals surface area contributed by atoms with Gasteiger partial charge in [-0.05, 0) is 43.9 Å². The number of rotatable bonds is 3. The number of halogens is 1. The van der Waals surface area contributed by atoms with Crippen LogP contribution in [-0.2, 0) is 0 Å². The van der Waals surface area contributed by atoms with E-state index in [9.17, 15) is 9.50 Å². The second kappa shape index (κ2) is 4.93. The van der Waals surface area contributed by atoms with E-state index in [0.717, 1.165) is 24.8 Å². The smallest absolute Gasteiger partial charge is 0.123 e. The highest BCUT2D eigenvalue weighted by Gasteiger charge is 2.26. The molecule has 1 aromatic carbocycles. The van der Waals surface area contributed by atoms with Gasteiger partial charge in [0.25, 0.3) is 0 Å². The van der Waals surface area contributed by atoms with Gasteiger partial charge in [-0.1, -0.05) is 12.1 Å². The first-order valence-electron chi connectivity index (χ1n) is 5.86. The van der Waals surface area contributed by atoms with Crippen LogP contribution in [0.2, 0.25) is 0 Å². The minimum Gasteiger partial charge on any atom is -0.392 e. The summed E-state index contributed by atoms with van der Waals surface area (Å²) in [7, 11) is 0. The summed E-state index contributed by atoms with van der Waals surface area (Å²) >= 11 is 0. The molecule has 1 aliphatic rings. The molecule has 2 N–H and O–H groups in total. The van der Waals surface area contributed by atoms with Gasteiger partial charge in [-0.2, -0.15) is 0 Å². The standard InChI is InChI=1S/C13H18FNO/c1-9(10-4-2-5-11(14)8-10)15-12-6-3-7-13(12)16/h2,4-5,8-9,12-13,15-16H,3,6-7H2,1H3/t9-,12?,13?/m1/s1. The van der Waals surface area contributed by atoms with E-state index in [-0.39, 0.29) is 24.0 Å². The summed E-state index contributed by atoms with van der Waals surface area (Å²) in [5, 5.41) is 13.1. The number of hydrogen-bond acceptors (Lipinski definition) is 2. The summed E-state index contributed by atoms with van der Waals surface area (Å²) in [6.07, 6.45) is 2.68. The monoisotopic (exact) mass is 223 g/mol. The lowest BCUT2D eigenvalue weighted by Gasteiger charge is -2.22. The lowest BCUT2D eigenvalue weighted by atomic mass is 10.1. The van der Waals surface area contributed by atoms with Crippen molar-refractivity contribution >= 4 is 0 Å². The zero-order chi connectivity index (χ0) is 11.5. The van der Waals surface area contributed by atoms with Gasteiger partial charge in [0.1, 0.15) is 5.82 Å². The zero-order valence-corrected chi connectivity index (χ0v) is 9.49. The molecule has 3 heteroatoms. The van der Waals surface area contributed by atoms with Gasteiger partial charge in [0.2, 0.25) is 0 Å². The second-order valence-electron chi connectivity index (χ2n) is 4.55. The molecule has 1 saturated carbocycles. The Bertz CT molecular complexity index is 356. The van der Waals surface area contributed by atoms with Crippen LogP contribution in [-0.4, -0.2) is 17.3 Å². The number of benzene rings is 1. The van der Waals surface area contributed by atoms with Crippen LogP contribution < -0.4 is 5.32 Å². The lowest BCUT2D eigenvalue weighted by molar-refractivity contribution is 0.144. The van der Waals surface area contributed by atoms with Gasteiger partial charge >= 0.3 is 0 Å². The van der Waals surface area contributed by atoms with Gasteiger partial charge in [-0.15, -0.1) is 0 Å². The second-order valence-corrected chi connectivity index (χ2v) is 4.55. The zero-order valence-electron chi connectivity index (χ0n) is 9.49. The highest BCUT2D eigenvalue weighted by Crippen LogP contribution is 2.22. The quantitative estimate of drug-likeness (QED) is 0.824. The summed E-state index contributed by atoms with van der Waals surface area (Å²) in [6.45, 7) is 2.00. The molecule has 2 unspecified atom stereocenters. The molecule has 88 valence electrons. The average Bonchev–Trinajstić information content (AvgIpc) is 2.64. The molecule has 0 spiro atoms. The largest absolute Gasteiger partial charge is 0.392 e. The molecule has 2 rings (SSSR count). The molecular formula is C13H18FNO. The van der Waals surface area contributed by atoms with Crippen molar-refractivity contribution in [3.05, 3.63) is 35.6 Å².